The zero-order valence-electron chi connectivity index (χ0n) is 7.67. The molecule has 0 saturated heterocycles. The van der Waals surface area contributed by atoms with E-state index in [0.717, 1.165) is 0 Å². The number of benzene rings is 1. The highest BCUT2D eigenvalue weighted by Gasteiger charge is 2.31. The SMILES string of the molecule is N#CCC(F)(F)c1ccc2nc[nH]c2c1. The second kappa shape index (κ2) is 3.31. The van der Waals surface area contributed by atoms with Crippen LogP contribution in [0.2, 0.25) is 0 Å². The van der Waals surface area contributed by atoms with Gasteiger partial charge >= 0.3 is 0 Å². The first kappa shape index (κ1) is 9.59. The standard InChI is InChI=1S/C10H7F2N3/c11-10(12,3-4-13)7-1-2-8-9(5-7)15-6-14-8/h1-2,5-6H,3H2,(H,14,15). The van der Waals surface area contributed by atoms with Gasteiger partial charge in [0.2, 0.25) is 0 Å². The van der Waals surface area contributed by atoms with Crippen LogP contribution in [0.3, 0.4) is 0 Å². The Labute approximate surface area is 84.4 Å². The first-order chi connectivity index (χ1) is 7.13. The Balaban J connectivity index is 2.48. The molecule has 15 heavy (non-hydrogen) atoms. The van der Waals surface area contributed by atoms with E-state index in [0.29, 0.717) is 11.0 Å². The monoisotopic (exact) mass is 207 g/mol. The topological polar surface area (TPSA) is 52.5 Å². The third kappa shape index (κ3) is 1.66. The molecular weight excluding hydrogens is 200 g/mol. The van der Waals surface area contributed by atoms with Crippen LogP contribution in [0.1, 0.15) is 12.0 Å². The van der Waals surface area contributed by atoms with Crippen LogP contribution in [-0.4, -0.2) is 9.97 Å². The summed E-state index contributed by atoms with van der Waals surface area (Å²) >= 11 is 0. The van der Waals surface area contributed by atoms with Gasteiger partial charge in [-0.1, -0.05) is 6.07 Å². The van der Waals surface area contributed by atoms with E-state index in [9.17, 15) is 8.78 Å². The molecule has 5 heteroatoms. The number of hydrogen-bond acceptors (Lipinski definition) is 2. The predicted octanol–water partition coefficient (Wildman–Crippen LogP) is 2.57. The molecule has 1 aromatic carbocycles. The summed E-state index contributed by atoms with van der Waals surface area (Å²) in [5.74, 6) is -3.10. The molecular formula is C10H7F2N3. The van der Waals surface area contributed by atoms with Crippen molar-refractivity contribution in [2.45, 2.75) is 12.3 Å². The highest BCUT2D eigenvalue weighted by Crippen LogP contribution is 2.32. The second-order valence-corrected chi connectivity index (χ2v) is 3.17. The van der Waals surface area contributed by atoms with Crippen LogP contribution in [-0.2, 0) is 5.92 Å². The fraction of sp³-hybridized carbons (Fsp3) is 0.200. The molecule has 1 N–H and O–H groups in total. The number of alkyl halides is 2. The van der Waals surface area contributed by atoms with E-state index in [2.05, 4.69) is 9.97 Å². The minimum Gasteiger partial charge on any atom is -0.345 e. The minimum atomic E-state index is -3.10. The zero-order valence-corrected chi connectivity index (χ0v) is 7.67. The van der Waals surface area contributed by atoms with E-state index in [4.69, 9.17) is 5.26 Å². The van der Waals surface area contributed by atoms with Crippen molar-refractivity contribution in [1.82, 2.24) is 9.97 Å². The van der Waals surface area contributed by atoms with E-state index >= 15 is 0 Å². The van der Waals surface area contributed by atoms with Crippen LogP contribution in [0.5, 0.6) is 0 Å². The lowest BCUT2D eigenvalue weighted by Gasteiger charge is -2.12. The van der Waals surface area contributed by atoms with Crippen molar-refractivity contribution >= 4 is 11.0 Å². The lowest BCUT2D eigenvalue weighted by Crippen LogP contribution is -2.11. The smallest absolute Gasteiger partial charge is 0.286 e. The van der Waals surface area contributed by atoms with Crippen molar-refractivity contribution in [3.63, 3.8) is 0 Å². The molecule has 3 nitrogen and oxygen atoms in total. The normalized spacial score (nSPS) is 11.5. The quantitative estimate of drug-likeness (QED) is 0.822. The fourth-order valence-corrected chi connectivity index (χ4v) is 1.36. The number of nitrogens with zero attached hydrogens (tertiary/aromatic N) is 2. The number of nitriles is 1. The third-order valence-electron chi connectivity index (χ3n) is 2.14. The van der Waals surface area contributed by atoms with Gasteiger partial charge < -0.3 is 4.98 Å². The second-order valence-electron chi connectivity index (χ2n) is 3.17. The summed E-state index contributed by atoms with van der Waals surface area (Å²) in [6.45, 7) is 0. The van der Waals surface area contributed by atoms with E-state index in [1.165, 1.54) is 30.6 Å². The van der Waals surface area contributed by atoms with Gasteiger partial charge in [0.05, 0.1) is 23.4 Å². The van der Waals surface area contributed by atoms with E-state index in [1.54, 1.807) is 0 Å². The minimum absolute atomic E-state index is 0.166. The fourth-order valence-electron chi connectivity index (χ4n) is 1.36. The molecule has 2 rings (SSSR count). The molecule has 0 radical (unpaired) electrons. The van der Waals surface area contributed by atoms with E-state index in [1.807, 2.05) is 0 Å². The number of aromatic amines is 1. The number of hydrogen-bond donors (Lipinski definition) is 1. The summed E-state index contributed by atoms with van der Waals surface area (Å²) in [5.41, 5.74) is 1.01. The summed E-state index contributed by atoms with van der Waals surface area (Å²) in [5, 5.41) is 8.29. The van der Waals surface area contributed by atoms with Crippen LogP contribution in [0.4, 0.5) is 8.78 Å². The van der Waals surface area contributed by atoms with Gasteiger partial charge in [0.15, 0.2) is 0 Å². The Hall–Kier alpha value is -1.96. The molecule has 1 heterocycles. The number of H-pyrrole nitrogens is 1. The Morgan fingerprint density at radius 3 is 3.00 bits per heavy atom. The average Bonchev–Trinajstić information content (AvgIpc) is 2.63. The van der Waals surface area contributed by atoms with Gasteiger partial charge in [-0.3, -0.25) is 0 Å². The number of imidazole rings is 1. The molecule has 1 aromatic heterocycles. The molecule has 0 aliphatic rings. The number of aromatic nitrogens is 2. The van der Waals surface area contributed by atoms with Crippen molar-refractivity contribution in [3.05, 3.63) is 30.1 Å². The van der Waals surface area contributed by atoms with E-state index < -0.39 is 12.3 Å². The molecule has 76 valence electrons. The number of fused-ring (bicyclic) bond motifs is 1. The van der Waals surface area contributed by atoms with Gasteiger partial charge in [0, 0.05) is 5.56 Å². The van der Waals surface area contributed by atoms with Crippen molar-refractivity contribution in [3.8, 4) is 6.07 Å². The summed E-state index contributed by atoms with van der Waals surface area (Å²) in [7, 11) is 0. The first-order valence-electron chi connectivity index (χ1n) is 4.32. The van der Waals surface area contributed by atoms with Crippen LogP contribution in [0.25, 0.3) is 11.0 Å². The van der Waals surface area contributed by atoms with Crippen LogP contribution >= 0.6 is 0 Å². The predicted molar refractivity (Wildman–Crippen MR) is 50.2 cm³/mol. The Bertz CT molecular complexity index is 525. The maximum absolute atomic E-state index is 13.3. The van der Waals surface area contributed by atoms with Crippen molar-refractivity contribution in [2.24, 2.45) is 0 Å². The third-order valence-corrected chi connectivity index (χ3v) is 2.14. The molecule has 0 aliphatic heterocycles. The van der Waals surface area contributed by atoms with Crippen molar-refractivity contribution in [1.29, 1.82) is 5.26 Å². The Morgan fingerprint density at radius 1 is 1.47 bits per heavy atom. The summed E-state index contributed by atoms with van der Waals surface area (Å²) in [4.78, 5) is 6.67. The number of rotatable bonds is 2. The van der Waals surface area contributed by atoms with Crippen molar-refractivity contribution in [2.75, 3.05) is 0 Å². The molecule has 0 atom stereocenters. The Morgan fingerprint density at radius 2 is 2.27 bits per heavy atom. The maximum Gasteiger partial charge on any atom is 0.286 e. The molecule has 0 aliphatic carbocycles. The van der Waals surface area contributed by atoms with Gasteiger partial charge in [-0.05, 0) is 12.1 Å². The van der Waals surface area contributed by atoms with Gasteiger partial charge in [-0.2, -0.15) is 5.26 Å². The lowest BCUT2D eigenvalue weighted by molar-refractivity contribution is 0.00107. The van der Waals surface area contributed by atoms with Crippen LogP contribution in [0, 0.1) is 11.3 Å². The largest absolute Gasteiger partial charge is 0.345 e. The highest BCUT2D eigenvalue weighted by atomic mass is 19.3. The van der Waals surface area contributed by atoms with Gasteiger partial charge in [-0.15, -0.1) is 0 Å². The summed E-state index contributed by atoms with van der Waals surface area (Å²) < 4.78 is 26.7. The van der Waals surface area contributed by atoms with Crippen LogP contribution < -0.4 is 0 Å². The first-order valence-corrected chi connectivity index (χ1v) is 4.32. The molecule has 0 spiro atoms. The highest BCUT2D eigenvalue weighted by molar-refractivity contribution is 5.75. The Kier molecular flexibility index (Phi) is 2.12. The number of halogens is 2. The van der Waals surface area contributed by atoms with Gasteiger partial charge in [0.1, 0.15) is 6.42 Å². The molecule has 0 fully saturated rings. The van der Waals surface area contributed by atoms with Gasteiger partial charge in [-0.25, -0.2) is 13.8 Å². The molecule has 0 unspecified atom stereocenters. The lowest BCUT2D eigenvalue weighted by atomic mass is 10.1. The maximum atomic E-state index is 13.3. The summed E-state index contributed by atoms with van der Waals surface area (Å²) in [6, 6.07) is 5.59. The van der Waals surface area contributed by atoms with Crippen molar-refractivity contribution < 1.29 is 8.78 Å². The summed E-state index contributed by atoms with van der Waals surface area (Å²) in [6.07, 6.45) is 0.628. The average molecular weight is 207 g/mol. The number of nitrogens with one attached hydrogen (secondary N) is 1. The molecule has 0 bridgehead atoms. The van der Waals surface area contributed by atoms with Crippen LogP contribution in [0.15, 0.2) is 24.5 Å². The van der Waals surface area contributed by atoms with Gasteiger partial charge in [0.25, 0.3) is 5.92 Å². The molecule has 0 saturated carbocycles. The molecule has 0 amide bonds. The molecule has 2 aromatic rings. The zero-order chi connectivity index (χ0) is 10.9. The van der Waals surface area contributed by atoms with E-state index in [-0.39, 0.29) is 5.56 Å².